The van der Waals surface area contributed by atoms with Gasteiger partial charge in [0.1, 0.15) is 6.54 Å². The number of nitrogens with zero attached hydrogens (tertiary/aromatic N) is 3. The molecule has 126 valence electrons. The fourth-order valence-corrected chi connectivity index (χ4v) is 2.60. The lowest BCUT2D eigenvalue weighted by Gasteiger charge is -2.22. The minimum Gasteiger partial charge on any atom is -0.408 e. The average molecular weight is 328 g/mol. The van der Waals surface area contributed by atoms with Crippen molar-refractivity contribution in [2.75, 3.05) is 0 Å². The molecule has 0 spiro atoms. The van der Waals surface area contributed by atoms with E-state index in [1.807, 2.05) is 30.7 Å². The molecule has 0 bridgehead atoms. The molecule has 0 aliphatic heterocycles. The Morgan fingerprint density at radius 3 is 2.83 bits per heavy atom. The Balaban J connectivity index is 1.73. The number of hydrogen-bond donors (Lipinski definition) is 1. The van der Waals surface area contributed by atoms with Crippen LogP contribution in [0.25, 0.3) is 11.1 Å². The van der Waals surface area contributed by atoms with E-state index in [1.165, 1.54) is 4.57 Å². The third kappa shape index (κ3) is 3.40. The first-order valence-corrected chi connectivity index (χ1v) is 7.88. The SMILES string of the molecule is CC(C)[C@@H](Cn1ccnc1)NC(=O)Cn1c(=O)oc2ccccc21. The predicted octanol–water partition coefficient (Wildman–Crippen LogP) is 1.63. The van der Waals surface area contributed by atoms with E-state index < -0.39 is 5.76 Å². The number of rotatable bonds is 6. The zero-order chi connectivity index (χ0) is 17.1. The first-order chi connectivity index (χ1) is 11.5. The van der Waals surface area contributed by atoms with Crippen LogP contribution in [0.1, 0.15) is 13.8 Å². The molecular formula is C17H20N4O3. The highest BCUT2D eigenvalue weighted by atomic mass is 16.4. The molecule has 24 heavy (non-hydrogen) atoms. The number of imidazole rings is 1. The largest absolute Gasteiger partial charge is 0.420 e. The Hall–Kier alpha value is -2.83. The maximum atomic E-state index is 12.4. The van der Waals surface area contributed by atoms with Crippen molar-refractivity contribution < 1.29 is 9.21 Å². The van der Waals surface area contributed by atoms with Crippen LogP contribution < -0.4 is 11.1 Å². The molecule has 0 fully saturated rings. The molecule has 2 heterocycles. The van der Waals surface area contributed by atoms with E-state index in [2.05, 4.69) is 10.3 Å². The number of aromatic nitrogens is 3. The van der Waals surface area contributed by atoms with Crippen LogP contribution in [0.4, 0.5) is 0 Å². The first-order valence-electron chi connectivity index (χ1n) is 7.88. The highest BCUT2D eigenvalue weighted by molar-refractivity contribution is 5.79. The lowest BCUT2D eigenvalue weighted by Crippen LogP contribution is -2.43. The fourth-order valence-electron chi connectivity index (χ4n) is 2.60. The molecule has 7 nitrogen and oxygen atoms in total. The number of oxazole rings is 1. The summed E-state index contributed by atoms with van der Waals surface area (Å²) in [6.45, 7) is 4.65. The van der Waals surface area contributed by atoms with E-state index in [9.17, 15) is 9.59 Å². The Morgan fingerprint density at radius 1 is 1.33 bits per heavy atom. The van der Waals surface area contributed by atoms with Crippen LogP contribution in [0.3, 0.4) is 0 Å². The summed E-state index contributed by atoms with van der Waals surface area (Å²) < 4.78 is 8.42. The van der Waals surface area contributed by atoms with Crippen LogP contribution in [0.15, 0.2) is 52.2 Å². The van der Waals surface area contributed by atoms with Crippen LogP contribution in [0.5, 0.6) is 0 Å². The van der Waals surface area contributed by atoms with E-state index in [4.69, 9.17) is 4.42 Å². The molecule has 0 radical (unpaired) electrons. The molecule has 1 amide bonds. The van der Waals surface area contributed by atoms with Crippen molar-refractivity contribution in [1.29, 1.82) is 0 Å². The van der Waals surface area contributed by atoms with Gasteiger partial charge in [-0.3, -0.25) is 9.36 Å². The normalized spacial score (nSPS) is 12.6. The van der Waals surface area contributed by atoms with Crippen LogP contribution in [0, 0.1) is 5.92 Å². The van der Waals surface area contributed by atoms with Crippen molar-refractivity contribution >= 4 is 17.0 Å². The Kier molecular flexibility index (Phi) is 4.50. The summed E-state index contributed by atoms with van der Waals surface area (Å²) in [5, 5.41) is 3.00. The van der Waals surface area contributed by atoms with E-state index in [0.717, 1.165) is 0 Å². The predicted molar refractivity (Wildman–Crippen MR) is 89.5 cm³/mol. The Labute approximate surface area is 138 Å². The van der Waals surface area contributed by atoms with Gasteiger partial charge in [0.2, 0.25) is 5.91 Å². The standard InChI is InChI=1S/C17H20N4O3/c1-12(2)13(9-20-8-7-18-11-20)19-16(22)10-21-14-5-3-4-6-15(14)24-17(21)23/h3-8,11-13H,9-10H2,1-2H3,(H,19,22)/t13-/m1/s1. The molecule has 2 aromatic heterocycles. The van der Waals surface area contributed by atoms with E-state index in [1.54, 1.807) is 30.7 Å². The Morgan fingerprint density at radius 2 is 2.12 bits per heavy atom. The second kappa shape index (κ2) is 6.74. The molecule has 3 rings (SSSR count). The van der Waals surface area contributed by atoms with Crippen molar-refractivity contribution in [3.8, 4) is 0 Å². The average Bonchev–Trinajstić information content (AvgIpc) is 3.15. The molecule has 7 heteroatoms. The van der Waals surface area contributed by atoms with Gasteiger partial charge in [-0.05, 0) is 18.1 Å². The molecule has 0 saturated heterocycles. The number of nitrogens with one attached hydrogen (secondary N) is 1. The number of amides is 1. The fraction of sp³-hybridized carbons (Fsp3) is 0.353. The summed E-state index contributed by atoms with van der Waals surface area (Å²) in [6, 6.07) is 7.01. The molecule has 0 saturated carbocycles. The highest BCUT2D eigenvalue weighted by Crippen LogP contribution is 2.12. The van der Waals surface area contributed by atoms with Gasteiger partial charge in [0.25, 0.3) is 0 Å². The molecule has 1 atom stereocenters. The number of para-hydroxylation sites is 2. The third-order valence-corrected chi connectivity index (χ3v) is 3.99. The number of fused-ring (bicyclic) bond motifs is 1. The zero-order valence-electron chi connectivity index (χ0n) is 13.7. The van der Waals surface area contributed by atoms with E-state index in [-0.39, 0.29) is 24.4 Å². The summed E-state index contributed by atoms with van der Waals surface area (Å²) >= 11 is 0. The summed E-state index contributed by atoms with van der Waals surface area (Å²) in [5.74, 6) is -0.501. The zero-order valence-corrected chi connectivity index (χ0v) is 13.7. The van der Waals surface area contributed by atoms with Crippen molar-refractivity contribution in [2.45, 2.75) is 33.0 Å². The minimum atomic E-state index is -0.526. The van der Waals surface area contributed by atoms with Gasteiger partial charge in [-0.15, -0.1) is 0 Å². The lowest BCUT2D eigenvalue weighted by atomic mass is 10.0. The van der Waals surface area contributed by atoms with Gasteiger partial charge >= 0.3 is 5.76 Å². The molecule has 0 aliphatic carbocycles. The second-order valence-corrected chi connectivity index (χ2v) is 6.10. The van der Waals surface area contributed by atoms with Gasteiger partial charge in [0.05, 0.1) is 11.8 Å². The van der Waals surface area contributed by atoms with Crippen molar-refractivity contribution in [3.63, 3.8) is 0 Å². The van der Waals surface area contributed by atoms with Crippen LogP contribution in [-0.4, -0.2) is 26.1 Å². The summed E-state index contributed by atoms with van der Waals surface area (Å²) in [4.78, 5) is 28.4. The number of carbonyl (C=O) groups excluding carboxylic acids is 1. The van der Waals surface area contributed by atoms with Gasteiger partial charge in [-0.25, -0.2) is 9.78 Å². The summed E-state index contributed by atoms with van der Waals surface area (Å²) in [7, 11) is 0. The van der Waals surface area contributed by atoms with Gasteiger partial charge in [-0.2, -0.15) is 0 Å². The van der Waals surface area contributed by atoms with Crippen LogP contribution in [-0.2, 0) is 17.9 Å². The molecular weight excluding hydrogens is 308 g/mol. The monoisotopic (exact) mass is 328 g/mol. The number of benzene rings is 1. The first kappa shape index (κ1) is 16.0. The summed E-state index contributed by atoms with van der Waals surface area (Å²) in [6.07, 6.45) is 5.28. The van der Waals surface area contributed by atoms with Crippen LogP contribution >= 0.6 is 0 Å². The van der Waals surface area contributed by atoms with Gasteiger partial charge < -0.3 is 14.3 Å². The van der Waals surface area contributed by atoms with Gasteiger partial charge in [-0.1, -0.05) is 26.0 Å². The molecule has 1 aromatic carbocycles. The smallest absolute Gasteiger partial charge is 0.408 e. The molecule has 0 aliphatic rings. The van der Waals surface area contributed by atoms with E-state index >= 15 is 0 Å². The number of hydrogen-bond acceptors (Lipinski definition) is 4. The summed E-state index contributed by atoms with van der Waals surface area (Å²) in [5.41, 5.74) is 1.10. The maximum Gasteiger partial charge on any atom is 0.420 e. The van der Waals surface area contributed by atoms with Crippen molar-refractivity contribution in [1.82, 2.24) is 19.4 Å². The van der Waals surface area contributed by atoms with Crippen molar-refractivity contribution in [3.05, 3.63) is 53.5 Å². The minimum absolute atomic E-state index is 0.0550. The van der Waals surface area contributed by atoms with Gasteiger partial charge in [0, 0.05) is 25.0 Å². The second-order valence-electron chi connectivity index (χ2n) is 6.10. The molecule has 0 unspecified atom stereocenters. The maximum absolute atomic E-state index is 12.4. The third-order valence-electron chi connectivity index (χ3n) is 3.99. The van der Waals surface area contributed by atoms with Gasteiger partial charge in [0.15, 0.2) is 5.58 Å². The lowest BCUT2D eigenvalue weighted by molar-refractivity contribution is -0.122. The number of carbonyl (C=O) groups is 1. The molecule has 3 aromatic rings. The highest BCUT2D eigenvalue weighted by Gasteiger charge is 2.18. The molecule has 1 N–H and O–H groups in total. The quantitative estimate of drug-likeness (QED) is 0.745. The van der Waals surface area contributed by atoms with E-state index in [0.29, 0.717) is 17.6 Å². The Bertz CT molecular complexity index is 877. The van der Waals surface area contributed by atoms with Crippen molar-refractivity contribution in [2.24, 2.45) is 5.92 Å². The topological polar surface area (TPSA) is 82.1 Å². The van der Waals surface area contributed by atoms with Crippen LogP contribution in [0.2, 0.25) is 0 Å².